The lowest BCUT2D eigenvalue weighted by Gasteiger charge is -2.34. The number of carbonyl (C=O) groups is 1. The topological polar surface area (TPSA) is 29.5 Å². The summed E-state index contributed by atoms with van der Waals surface area (Å²) in [6.07, 6.45) is 2.99. The number of nitrogens with zero attached hydrogens (tertiary/aromatic N) is 1. The minimum absolute atomic E-state index is 0.134. The number of piperidine rings is 1. The molecule has 2 aliphatic heterocycles. The highest BCUT2D eigenvalue weighted by atomic mass is 19.1. The first-order chi connectivity index (χ1) is 9.61. The zero-order chi connectivity index (χ0) is 14.1. The largest absolute Gasteiger partial charge is 0.375 e. The number of halogens is 1. The molecule has 0 bridgehead atoms. The van der Waals surface area contributed by atoms with E-state index in [0.29, 0.717) is 24.5 Å². The molecule has 0 N–H and O–H groups in total. The van der Waals surface area contributed by atoms with Crippen molar-refractivity contribution in [1.29, 1.82) is 0 Å². The Balaban J connectivity index is 1.59. The summed E-state index contributed by atoms with van der Waals surface area (Å²) in [7, 11) is 0. The second-order valence-corrected chi connectivity index (χ2v) is 5.91. The summed E-state index contributed by atoms with van der Waals surface area (Å²) < 4.78 is 18.7. The number of carbonyl (C=O) groups excluding carboxylic acids is 1. The molecule has 2 fully saturated rings. The molecule has 2 heterocycles. The summed E-state index contributed by atoms with van der Waals surface area (Å²) in [6, 6.07) is 6.17. The molecule has 0 saturated carbocycles. The fraction of sp³-hybridized carbons (Fsp3) is 0.562. The van der Waals surface area contributed by atoms with Gasteiger partial charge in [0.1, 0.15) is 5.82 Å². The first-order valence-electron chi connectivity index (χ1n) is 7.29. The summed E-state index contributed by atoms with van der Waals surface area (Å²) >= 11 is 0. The van der Waals surface area contributed by atoms with E-state index in [1.165, 1.54) is 12.1 Å². The lowest BCUT2D eigenvalue weighted by atomic mass is 9.92. The van der Waals surface area contributed by atoms with E-state index in [-0.39, 0.29) is 11.7 Å². The molecular weight excluding hydrogens is 257 g/mol. The quantitative estimate of drug-likeness (QED) is 0.830. The number of rotatable bonds is 2. The van der Waals surface area contributed by atoms with Gasteiger partial charge in [0.15, 0.2) is 0 Å². The van der Waals surface area contributed by atoms with E-state index in [1.54, 1.807) is 12.1 Å². The molecule has 0 spiro atoms. The van der Waals surface area contributed by atoms with Crippen molar-refractivity contribution in [2.45, 2.75) is 38.4 Å². The van der Waals surface area contributed by atoms with Gasteiger partial charge < -0.3 is 9.64 Å². The molecule has 3 rings (SSSR count). The van der Waals surface area contributed by atoms with Crippen LogP contribution in [-0.2, 0) is 16.0 Å². The van der Waals surface area contributed by atoms with Gasteiger partial charge in [0.25, 0.3) is 0 Å². The zero-order valence-corrected chi connectivity index (χ0v) is 11.7. The predicted molar refractivity (Wildman–Crippen MR) is 73.7 cm³/mol. The molecule has 108 valence electrons. The van der Waals surface area contributed by atoms with E-state index in [1.807, 2.05) is 4.90 Å². The van der Waals surface area contributed by atoms with Crippen molar-refractivity contribution in [1.82, 2.24) is 4.90 Å². The van der Waals surface area contributed by atoms with Gasteiger partial charge in [0, 0.05) is 19.0 Å². The highest BCUT2D eigenvalue weighted by Crippen LogP contribution is 2.32. The first kappa shape index (κ1) is 13.6. The van der Waals surface area contributed by atoms with Gasteiger partial charge in [-0.3, -0.25) is 4.79 Å². The third-order valence-electron chi connectivity index (χ3n) is 4.33. The van der Waals surface area contributed by atoms with Gasteiger partial charge >= 0.3 is 0 Å². The Morgan fingerprint density at radius 2 is 2.15 bits per heavy atom. The monoisotopic (exact) mass is 277 g/mol. The maximum atomic E-state index is 12.9. The third kappa shape index (κ3) is 2.85. The summed E-state index contributed by atoms with van der Waals surface area (Å²) in [4.78, 5) is 14.3. The fourth-order valence-corrected chi connectivity index (χ4v) is 3.31. The van der Waals surface area contributed by atoms with Crippen LogP contribution in [0.3, 0.4) is 0 Å². The van der Waals surface area contributed by atoms with Crippen molar-refractivity contribution in [2.75, 3.05) is 13.1 Å². The van der Waals surface area contributed by atoms with E-state index in [0.717, 1.165) is 31.5 Å². The van der Waals surface area contributed by atoms with Crippen LogP contribution in [0.4, 0.5) is 4.39 Å². The van der Waals surface area contributed by atoms with Crippen LogP contribution < -0.4 is 0 Å². The van der Waals surface area contributed by atoms with E-state index >= 15 is 0 Å². The van der Waals surface area contributed by atoms with Gasteiger partial charge in [-0.25, -0.2) is 4.39 Å². The molecule has 0 radical (unpaired) electrons. The lowest BCUT2D eigenvalue weighted by molar-refractivity contribution is -0.133. The molecule has 1 amide bonds. The Morgan fingerprint density at radius 1 is 1.40 bits per heavy atom. The molecule has 0 unspecified atom stereocenters. The molecule has 0 aromatic heterocycles. The lowest BCUT2D eigenvalue weighted by Crippen LogP contribution is -2.45. The van der Waals surface area contributed by atoms with Gasteiger partial charge in [-0.2, -0.15) is 0 Å². The molecule has 0 aliphatic carbocycles. The number of fused-ring (bicyclic) bond motifs is 1. The van der Waals surface area contributed by atoms with Crippen LogP contribution in [0.15, 0.2) is 24.3 Å². The Hall–Kier alpha value is -1.42. The maximum absolute atomic E-state index is 12.9. The number of hydrogen-bond donors (Lipinski definition) is 0. The smallest absolute Gasteiger partial charge is 0.227 e. The van der Waals surface area contributed by atoms with Crippen LogP contribution in [0, 0.1) is 11.7 Å². The summed E-state index contributed by atoms with van der Waals surface area (Å²) in [5.41, 5.74) is 0.870. The van der Waals surface area contributed by atoms with Crippen LogP contribution in [-0.4, -0.2) is 36.1 Å². The summed E-state index contributed by atoms with van der Waals surface area (Å²) in [6.45, 7) is 3.67. The molecule has 20 heavy (non-hydrogen) atoms. The molecule has 2 saturated heterocycles. The second-order valence-electron chi connectivity index (χ2n) is 5.91. The van der Waals surface area contributed by atoms with E-state index in [4.69, 9.17) is 4.74 Å². The van der Waals surface area contributed by atoms with E-state index < -0.39 is 0 Å². The van der Waals surface area contributed by atoms with Crippen molar-refractivity contribution in [3.8, 4) is 0 Å². The number of ether oxygens (including phenoxy) is 1. The molecule has 2 aliphatic rings. The normalized spacial score (nSPS) is 29.3. The van der Waals surface area contributed by atoms with Gasteiger partial charge in [0.05, 0.1) is 18.6 Å². The zero-order valence-electron chi connectivity index (χ0n) is 11.7. The second kappa shape index (κ2) is 5.52. The van der Waals surface area contributed by atoms with Crippen molar-refractivity contribution in [3.63, 3.8) is 0 Å². The van der Waals surface area contributed by atoms with Crippen LogP contribution in [0.5, 0.6) is 0 Å². The van der Waals surface area contributed by atoms with Gasteiger partial charge in [-0.05, 0) is 37.5 Å². The minimum atomic E-state index is -0.265. The van der Waals surface area contributed by atoms with Crippen LogP contribution >= 0.6 is 0 Å². The fourth-order valence-electron chi connectivity index (χ4n) is 3.31. The predicted octanol–water partition coefficient (Wildman–Crippen LogP) is 2.39. The molecule has 3 atom stereocenters. The van der Waals surface area contributed by atoms with Crippen LogP contribution in [0.25, 0.3) is 0 Å². The average Bonchev–Trinajstić information content (AvgIpc) is 2.80. The van der Waals surface area contributed by atoms with Crippen molar-refractivity contribution in [2.24, 2.45) is 5.92 Å². The highest BCUT2D eigenvalue weighted by molar-refractivity contribution is 5.78. The van der Waals surface area contributed by atoms with E-state index in [9.17, 15) is 9.18 Å². The standard InChI is InChI=1S/C16H20FNO2/c1-11-8-13-10-18(7-6-15(13)20-11)16(19)9-12-2-4-14(17)5-3-12/h2-5,11,13,15H,6-10H2,1H3/t11-,13-,15-/m0/s1. The highest BCUT2D eigenvalue weighted by Gasteiger charge is 2.38. The van der Waals surface area contributed by atoms with Crippen LogP contribution in [0.1, 0.15) is 25.3 Å². The average molecular weight is 277 g/mol. The molecule has 4 heteroatoms. The summed E-state index contributed by atoms with van der Waals surface area (Å²) in [5, 5.41) is 0. The maximum Gasteiger partial charge on any atom is 0.227 e. The number of likely N-dealkylation sites (tertiary alicyclic amines) is 1. The Morgan fingerprint density at radius 3 is 2.90 bits per heavy atom. The van der Waals surface area contributed by atoms with Gasteiger partial charge in [-0.15, -0.1) is 0 Å². The molecule has 1 aromatic carbocycles. The number of amides is 1. The molecule has 3 nitrogen and oxygen atoms in total. The van der Waals surface area contributed by atoms with Crippen LogP contribution in [0.2, 0.25) is 0 Å². The van der Waals surface area contributed by atoms with Crippen molar-refractivity contribution in [3.05, 3.63) is 35.6 Å². The van der Waals surface area contributed by atoms with E-state index in [2.05, 4.69) is 6.92 Å². The van der Waals surface area contributed by atoms with Crippen molar-refractivity contribution >= 4 is 5.91 Å². The molecular formula is C16H20FNO2. The first-order valence-corrected chi connectivity index (χ1v) is 7.29. The SMILES string of the molecule is C[C@H]1C[C@H]2CN(C(=O)Cc3ccc(F)cc3)CC[C@@H]2O1. The summed E-state index contributed by atoms with van der Waals surface area (Å²) in [5.74, 6) is 0.352. The third-order valence-corrected chi connectivity index (χ3v) is 4.33. The molecule has 1 aromatic rings. The Labute approximate surface area is 118 Å². The Kier molecular flexibility index (Phi) is 3.74. The Bertz CT molecular complexity index is 488. The van der Waals surface area contributed by atoms with Gasteiger partial charge in [0.2, 0.25) is 5.91 Å². The van der Waals surface area contributed by atoms with Crippen molar-refractivity contribution < 1.29 is 13.9 Å². The number of hydrogen-bond acceptors (Lipinski definition) is 2. The number of benzene rings is 1. The minimum Gasteiger partial charge on any atom is -0.375 e. The van der Waals surface area contributed by atoms with Gasteiger partial charge in [-0.1, -0.05) is 12.1 Å².